The number of nitrogens with two attached hydrogens (primary N) is 2. The largest absolute Gasteiger partial charge is 0.481 e. The van der Waals surface area contributed by atoms with Gasteiger partial charge < -0.3 is 10.8 Å². The fourth-order valence-corrected chi connectivity index (χ4v) is 1.68. The molecule has 8 nitrogen and oxygen atoms in total. The number of nitrogens with zero attached hydrogens (tertiary/aromatic N) is 1. The predicted octanol–water partition coefficient (Wildman–Crippen LogP) is -0.319. The van der Waals surface area contributed by atoms with Crippen LogP contribution in [0.1, 0.15) is 6.92 Å². The Morgan fingerprint density at radius 3 is 2.00 bits per heavy atom. The Morgan fingerprint density at radius 2 is 1.72 bits per heavy atom. The SMILES string of the molecule is CC(=O)O.N=C(N)N(c1ccccc1)S(N)(=O)=O. The van der Waals surface area contributed by atoms with Gasteiger partial charge in [0.05, 0.1) is 5.69 Å². The number of hydrogen-bond acceptors (Lipinski definition) is 4. The number of carboxylic acids is 1. The first-order valence-electron chi connectivity index (χ1n) is 4.58. The first-order chi connectivity index (χ1) is 8.16. The zero-order valence-corrected chi connectivity index (χ0v) is 10.4. The summed E-state index contributed by atoms with van der Waals surface area (Å²) in [5.74, 6) is -1.47. The Kier molecular flexibility index (Phi) is 5.79. The molecule has 1 aromatic rings. The van der Waals surface area contributed by atoms with E-state index in [4.69, 9.17) is 26.2 Å². The van der Waals surface area contributed by atoms with Crippen molar-refractivity contribution in [2.24, 2.45) is 10.9 Å². The zero-order chi connectivity index (χ0) is 14.3. The molecule has 0 bridgehead atoms. The Labute approximate surface area is 105 Å². The highest BCUT2D eigenvalue weighted by Gasteiger charge is 2.20. The molecule has 0 aromatic heterocycles. The third-order valence-corrected chi connectivity index (χ3v) is 2.38. The van der Waals surface area contributed by atoms with Crippen molar-refractivity contribution < 1.29 is 18.3 Å². The van der Waals surface area contributed by atoms with Crippen molar-refractivity contribution in [3.63, 3.8) is 0 Å². The Bertz CT molecular complexity index is 511. The van der Waals surface area contributed by atoms with E-state index in [0.717, 1.165) is 6.92 Å². The quantitative estimate of drug-likeness (QED) is 0.430. The molecule has 0 aliphatic heterocycles. The van der Waals surface area contributed by atoms with Crippen molar-refractivity contribution in [3.05, 3.63) is 30.3 Å². The molecule has 0 fully saturated rings. The summed E-state index contributed by atoms with van der Waals surface area (Å²) in [4.78, 5) is 9.00. The lowest BCUT2D eigenvalue weighted by atomic mass is 10.3. The second kappa shape index (κ2) is 6.57. The van der Waals surface area contributed by atoms with Crippen molar-refractivity contribution in [1.82, 2.24) is 0 Å². The number of benzene rings is 1. The molecule has 100 valence electrons. The fraction of sp³-hybridized carbons (Fsp3) is 0.111. The van der Waals surface area contributed by atoms with Crippen molar-refractivity contribution in [1.29, 1.82) is 5.41 Å². The molecule has 0 unspecified atom stereocenters. The molecule has 9 heteroatoms. The van der Waals surface area contributed by atoms with Crippen molar-refractivity contribution in [2.45, 2.75) is 6.92 Å². The first kappa shape index (κ1) is 15.9. The van der Waals surface area contributed by atoms with Gasteiger partial charge in [0.25, 0.3) is 5.97 Å². The molecular weight excluding hydrogens is 260 g/mol. The number of carbonyl (C=O) groups is 1. The van der Waals surface area contributed by atoms with Gasteiger partial charge >= 0.3 is 10.2 Å². The minimum Gasteiger partial charge on any atom is -0.481 e. The lowest BCUT2D eigenvalue weighted by Gasteiger charge is -2.18. The Morgan fingerprint density at radius 1 is 1.33 bits per heavy atom. The van der Waals surface area contributed by atoms with Crippen LogP contribution in [0.15, 0.2) is 30.3 Å². The zero-order valence-electron chi connectivity index (χ0n) is 9.57. The van der Waals surface area contributed by atoms with Crippen LogP contribution >= 0.6 is 0 Å². The summed E-state index contributed by atoms with van der Waals surface area (Å²) in [5, 5.41) is 19.4. The van der Waals surface area contributed by atoms with Crippen LogP contribution < -0.4 is 15.2 Å². The number of guanidine groups is 1. The summed E-state index contributed by atoms with van der Waals surface area (Å²) >= 11 is 0. The molecule has 0 spiro atoms. The second-order valence-corrected chi connectivity index (χ2v) is 4.44. The molecule has 0 amide bonds. The number of rotatable bonds is 2. The third kappa shape index (κ3) is 5.82. The monoisotopic (exact) mass is 274 g/mol. The van der Waals surface area contributed by atoms with Crippen LogP contribution in [0.4, 0.5) is 5.69 Å². The van der Waals surface area contributed by atoms with Gasteiger partial charge in [0.2, 0.25) is 5.96 Å². The van der Waals surface area contributed by atoms with Gasteiger partial charge in [0.1, 0.15) is 0 Å². The van der Waals surface area contributed by atoms with Gasteiger partial charge in [-0.25, -0.2) is 5.14 Å². The maximum Gasteiger partial charge on any atom is 0.305 e. The molecule has 1 aromatic carbocycles. The molecule has 1 rings (SSSR count). The average molecular weight is 274 g/mol. The minimum atomic E-state index is -4.03. The van der Waals surface area contributed by atoms with E-state index in [1.165, 1.54) is 12.1 Å². The number of para-hydroxylation sites is 1. The van der Waals surface area contributed by atoms with Gasteiger partial charge in [0, 0.05) is 6.92 Å². The lowest BCUT2D eigenvalue weighted by Crippen LogP contribution is -2.45. The summed E-state index contributed by atoms with van der Waals surface area (Å²) in [7, 11) is -4.03. The highest BCUT2D eigenvalue weighted by molar-refractivity contribution is 7.91. The van der Waals surface area contributed by atoms with Crippen molar-refractivity contribution in [2.75, 3.05) is 4.31 Å². The van der Waals surface area contributed by atoms with Crippen molar-refractivity contribution >= 4 is 27.8 Å². The molecule has 0 saturated heterocycles. The van der Waals surface area contributed by atoms with Crippen LogP contribution in [0, 0.1) is 5.41 Å². The molecule has 6 N–H and O–H groups in total. The summed E-state index contributed by atoms with van der Waals surface area (Å²) in [5.41, 5.74) is 5.34. The van der Waals surface area contributed by atoms with E-state index in [1.807, 2.05) is 0 Å². The van der Waals surface area contributed by atoms with Gasteiger partial charge in [0.15, 0.2) is 0 Å². The Hall–Kier alpha value is -2.13. The minimum absolute atomic E-state index is 0.238. The Balaban J connectivity index is 0.000000631. The van der Waals surface area contributed by atoms with Gasteiger partial charge in [-0.3, -0.25) is 10.2 Å². The molecule has 0 radical (unpaired) electrons. The number of hydrogen-bond donors (Lipinski definition) is 4. The van der Waals surface area contributed by atoms with E-state index in [1.54, 1.807) is 18.2 Å². The van der Waals surface area contributed by atoms with E-state index in [2.05, 4.69) is 0 Å². The smallest absolute Gasteiger partial charge is 0.305 e. The molecule has 0 aliphatic carbocycles. The van der Waals surface area contributed by atoms with E-state index in [-0.39, 0.29) is 5.69 Å². The highest BCUT2D eigenvalue weighted by Crippen LogP contribution is 2.14. The third-order valence-electron chi connectivity index (χ3n) is 1.46. The van der Waals surface area contributed by atoms with Crippen LogP contribution in [0.3, 0.4) is 0 Å². The molecule has 0 aliphatic rings. The number of aliphatic carboxylic acids is 1. The topological polar surface area (TPSA) is 151 Å². The molecule has 0 atom stereocenters. The predicted molar refractivity (Wildman–Crippen MR) is 67.3 cm³/mol. The summed E-state index contributed by atoms with van der Waals surface area (Å²) in [6.07, 6.45) is 0. The van der Waals surface area contributed by atoms with E-state index < -0.39 is 22.1 Å². The standard InChI is InChI=1S/C7H10N4O2S.C2H4O2/c8-7(9)11(14(10,12)13)6-4-2-1-3-5-6;1-2(3)4/h1-5H,(H3,8,9)(H2,10,12,13);1H3,(H,3,4). The summed E-state index contributed by atoms with van der Waals surface area (Å²) in [6, 6.07) is 7.94. The van der Waals surface area contributed by atoms with Gasteiger partial charge in [-0.05, 0) is 12.1 Å². The van der Waals surface area contributed by atoms with Crippen LogP contribution in [0.25, 0.3) is 0 Å². The highest BCUT2D eigenvalue weighted by atomic mass is 32.2. The maximum absolute atomic E-state index is 11.1. The lowest BCUT2D eigenvalue weighted by molar-refractivity contribution is -0.134. The maximum atomic E-state index is 11.1. The van der Waals surface area contributed by atoms with Gasteiger partial charge in [-0.15, -0.1) is 0 Å². The fourth-order valence-electron chi connectivity index (χ4n) is 0.986. The van der Waals surface area contributed by atoms with Crippen LogP contribution in [0.2, 0.25) is 0 Å². The molecule has 0 heterocycles. The van der Waals surface area contributed by atoms with Gasteiger partial charge in [-0.2, -0.15) is 12.7 Å². The van der Waals surface area contributed by atoms with Crippen LogP contribution in [-0.2, 0) is 15.0 Å². The van der Waals surface area contributed by atoms with Gasteiger partial charge in [-0.1, -0.05) is 18.2 Å². The molecule has 0 saturated carbocycles. The van der Waals surface area contributed by atoms with Crippen LogP contribution in [-0.4, -0.2) is 25.5 Å². The number of carboxylic acid groups (broad SMARTS) is 1. The molecular formula is C9H14N4O4S. The van der Waals surface area contributed by atoms with Crippen molar-refractivity contribution in [3.8, 4) is 0 Å². The normalized spacial score (nSPS) is 9.89. The first-order valence-corrected chi connectivity index (χ1v) is 6.08. The molecule has 18 heavy (non-hydrogen) atoms. The summed E-state index contributed by atoms with van der Waals surface area (Å²) < 4.78 is 22.7. The average Bonchev–Trinajstić information content (AvgIpc) is 2.15. The second-order valence-electron chi connectivity index (χ2n) is 3.05. The van der Waals surface area contributed by atoms with E-state index >= 15 is 0 Å². The summed E-state index contributed by atoms with van der Waals surface area (Å²) in [6.45, 7) is 1.08. The van der Waals surface area contributed by atoms with Crippen LogP contribution in [0.5, 0.6) is 0 Å². The number of nitrogens with one attached hydrogen (secondary N) is 1. The van der Waals surface area contributed by atoms with E-state index in [0.29, 0.717) is 4.31 Å². The van der Waals surface area contributed by atoms with E-state index in [9.17, 15) is 8.42 Å². The number of anilines is 1.